The molecule has 0 bridgehead atoms. The standard InChI is InChI=1S/C11H20N4O/c1-11(2,3)9-7-8(14-15-9)10(16)13-6-4-5-12/h7H,4-6,12H2,1-3H3,(H,13,16)(H,14,15). The molecular weight excluding hydrogens is 204 g/mol. The molecule has 0 aromatic carbocycles. The van der Waals surface area contributed by atoms with Crippen molar-refractivity contribution in [1.29, 1.82) is 0 Å². The van der Waals surface area contributed by atoms with Crippen molar-refractivity contribution in [2.75, 3.05) is 13.1 Å². The summed E-state index contributed by atoms with van der Waals surface area (Å²) in [5, 5.41) is 9.64. The number of hydrogen-bond donors (Lipinski definition) is 3. The summed E-state index contributed by atoms with van der Waals surface area (Å²) in [6.45, 7) is 7.37. The van der Waals surface area contributed by atoms with E-state index in [0.29, 0.717) is 18.8 Å². The minimum Gasteiger partial charge on any atom is -0.351 e. The summed E-state index contributed by atoms with van der Waals surface area (Å²) >= 11 is 0. The molecule has 0 atom stereocenters. The lowest BCUT2D eigenvalue weighted by Crippen LogP contribution is -2.26. The van der Waals surface area contributed by atoms with Crippen LogP contribution in [0, 0.1) is 0 Å². The first kappa shape index (κ1) is 12.7. The average Bonchev–Trinajstić information content (AvgIpc) is 2.66. The van der Waals surface area contributed by atoms with Gasteiger partial charge in [-0.2, -0.15) is 5.10 Å². The molecule has 0 radical (unpaired) electrons. The maximum Gasteiger partial charge on any atom is 0.271 e. The van der Waals surface area contributed by atoms with Crippen molar-refractivity contribution in [3.8, 4) is 0 Å². The van der Waals surface area contributed by atoms with Crippen LogP contribution in [0.3, 0.4) is 0 Å². The number of amides is 1. The van der Waals surface area contributed by atoms with Gasteiger partial charge in [0.05, 0.1) is 0 Å². The summed E-state index contributed by atoms with van der Waals surface area (Å²) in [5.74, 6) is -0.153. The SMILES string of the molecule is CC(C)(C)c1cc(C(=O)NCCCN)n[nH]1. The van der Waals surface area contributed by atoms with Gasteiger partial charge in [0.15, 0.2) is 0 Å². The molecule has 0 aliphatic carbocycles. The molecular formula is C11H20N4O. The summed E-state index contributed by atoms with van der Waals surface area (Å²) in [6, 6.07) is 1.79. The Bertz CT molecular complexity index is 351. The Hall–Kier alpha value is -1.36. The minimum absolute atomic E-state index is 0.0250. The highest BCUT2D eigenvalue weighted by Crippen LogP contribution is 2.20. The Labute approximate surface area is 95.8 Å². The molecule has 90 valence electrons. The molecule has 1 aromatic heterocycles. The summed E-state index contributed by atoms with van der Waals surface area (Å²) in [4.78, 5) is 11.6. The quantitative estimate of drug-likeness (QED) is 0.661. The van der Waals surface area contributed by atoms with Crippen molar-refractivity contribution >= 4 is 5.91 Å². The lowest BCUT2D eigenvalue weighted by molar-refractivity contribution is 0.0948. The van der Waals surface area contributed by atoms with Crippen LogP contribution in [0.5, 0.6) is 0 Å². The Kier molecular flexibility index (Phi) is 4.06. The molecule has 0 saturated carbocycles. The maximum absolute atomic E-state index is 11.6. The summed E-state index contributed by atoms with van der Waals surface area (Å²) in [5.41, 5.74) is 6.70. The zero-order chi connectivity index (χ0) is 12.2. The smallest absolute Gasteiger partial charge is 0.271 e. The molecule has 5 heteroatoms. The Morgan fingerprint density at radius 1 is 1.56 bits per heavy atom. The van der Waals surface area contributed by atoms with E-state index in [1.807, 2.05) is 0 Å². The predicted molar refractivity (Wildman–Crippen MR) is 63.3 cm³/mol. The van der Waals surface area contributed by atoms with Gasteiger partial charge in [-0.25, -0.2) is 0 Å². The van der Waals surface area contributed by atoms with Crippen LogP contribution in [0.1, 0.15) is 43.4 Å². The van der Waals surface area contributed by atoms with Crippen molar-refractivity contribution < 1.29 is 4.79 Å². The third kappa shape index (κ3) is 3.34. The van der Waals surface area contributed by atoms with Gasteiger partial charge in [-0.1, -0.05) is 20.8 Å². The predicted octanol–water partition coefficient (Wildman–Crippen LogP) is 0.786. The number of carbonyl (C=O) groups is 1. The van der Waals surface area contributed by atoms with Crippen molar-refractivity contribution in [3.63, 3.8) is 0 Å². The molecule has 0 fully saturated rings. The number of aromatic amines is 1. The van der Waals surface area contributed by atoms with E-state index in [4.69, 9.17) is 5.73 Å². The zero-order valence-electron chi connectivity index (χ0n) is 10.1. The van der Waals surface area contributed by atoms with Crippen LogP contribution in [0.15, 0.2) is 6.07 Å². The van der Waals surface area contributed by atoms with Crippen LogP contribution in [-0.2, 0) is 5.41 Å². The number of rotatable bonds is 4. The molecule has 0 aliphatic rings. The molecule has 1 amide bonds. The topological polar surface area (TPSA) is 83.8 Å². The lowest BCUT2D eigenvalue weighted by atomic mass is 9.92. The Morgan fingerprint density at radius 3 is 2.75 bits per heavy atom. The molecule has 5 nitrogen and oxygen atoms in total. The van der Waals surface area contributed by atoms with E-state index in [9.17, 15) is 4.79 Å². The molecule has 16 heavy (non-hydrogen) atoms. The van der Waals surface area contributed by atoms with Crippen LogP contribution in [0.2, 0.25) is 0 Å². The molecule has 1 heterocycles. The summed E-state index contributed by atoms with van der Waals surface area (Å²) in [7, 11) is 0. The van der Waals surface area contributed by atoms with Crippen LogP contribution in [-0.4, -0.2) is 29.2 Å². The van der Waals surface area contributed by atoms with Gasteiger partial charge >= 0.3 is 0 Å². The number of carbonyl (C=O) groups excluding carboxylic acids is 1. The van der Waals surface area contributed by atoms with E-state index in [0.717, 1.165) is 12.1 Å². The number of aromatic nitrogens is 2. The fraction of sp³-hybridized carbons (Fsp3) is 0.636. The van der Waals surface area contributed by atoms with Crippen LogP contribution < -0.4 is 11.1 Å². The first-order chi connectivity index (χ1) is 7.45. The first-order valence-corrected chi connectivity index (χ1v) is 5.49. The van der Waals surface area contributed by atoms with Gasteiger partial charge in [-0.3, -0.25) is 9.89 Å². The highest BCUT2D eigenvalue weighted by molar-refractivity contribution is 5.92. The molecule has 0 saturated heterocycles. The van der Waals surface area contributed by atoms with Crippen LogP contribution in [0.4, 0.5) is 0 Å². The van der Waals surface area contributed by atoms with Crippen molar-refractivity contribution in [2.45, 2.75) is 32.6 Å². The third-order valence-corrected chi connectivity index (χ3v) is 2.28. The van der Waals surface area contributed by atoms with Gasteiger partial charge in [0.2, 0.25) is 0 Å². The van der Waals surface area contributed by atoms with Gasteiger partial charge in [0.25, 0.3) is 5.91 Å². The summed E-state index contributed by atoms with van der Waals surface area (Å²) < 4.78 is 0. The second-order valence-electron chi connectivity index (χ2n) is 4.81. The monoisotopic (exact) mass is 224 g/mol. The fourth-order valence-electron chi connectivity index (χ4n) is 1.22. The van der Waals surface area contributed by atoms with E-state index < -0.39 is 0 Å². The second-order valence-corrected chi connectivity index (χ2v) is 4.81. The highest BCUT2D eigenvalue weighted by Gasteiger charge is 2.18. The van der Waals surface area contributed by atoms with Crippen molar-refractivity contribution in [1.82, 2.24) is 15.5 Å². The number of H-pyrrole nitrogens is 1. The van der Waals surface area contributed by atoms with Gasteiger partial charge in [0.1, 0.15) is 5.69 Å². The average molecular weight is 224 g/mol. The van der Waals surface area contributed by atoms with Crippen molar-refractivity contribution in [2.24, 2.45) is 5.73 Å². The largest absolute Gasteiger partial charge is 0.351 e. The maximum atomic E-state index is 11.6. The number of nitrogens with zero attached hydrogens (tertiary/aromatic N) is 1. The van der Waals surface area contributed by atoms with Gasteiger partial charge < -0.3 is 11.1 Å². The first-order valence-electron chi connectivity index (χ1n) is 5.49. The Morgan fingerprint density at radius 2 is 2.25 bits per heavy atom. The molecule has 0 spiro atoms. The molecule has 4 N–H and O–H groups in total. The van der Waals surface area contributed by atoms with Crippen LogP contribution >= 0.6 is 0 Å². The van der Waals surface area contributed by atoms with E-state index in [1.165, 1.54) is 0 Å². The van der Waals surface area contributed by atoms with E-state index in [1.54, 1.807) is 6.07 Å². The molecule has 0 aliphatic heterocycles. The normalized spacial score (nSPS) is 11.5. The van der Waals surface area contributed by atoms with Gasteiger partial charge in [-0.15, -0.1) is 0 Å². The highest BCUT2D eigenvalue weighted by atomic mass is 16.1. The molecule has 1 rings (SSSR count). The second kappa shape index (κ2) is 5.12. The number of nitrogens with one attached hydrogen (secondary N) is 2. The van der Waals surface area contributed by atoms with Gasteiger partial charge in [0, 0.05) is 17.7 Å². The third-order valence-electron chi connectivity index (χ3n) is 2.28. The fourth-order valence-corrected chi connectivity index (χ4v) is 1.22. The van der Waals surface area contributed by atoms with E-state index >= 15 is 0 Å². The summed E-state index contributed by atoms with van der Waals surface area (Å²) in [6.07, 6.45) is 0.780. The van der Waals surface area contributed by atoms with Crippen molar-refractivity contribution in [3.05, 3.63) is 17.5 Å². The number of hydrogen-bond acceptors (Lipinski definition) is 3. The van der Waals surface area contributed by atoms with Crippen LogP contribution in [0.25, 0.3) is 0 Å². The molecule has 0 unspecified atom stereocenters. The Balaban J connectivity index is 2.60. The zero-order valence-corrected chi connectivity index (χ0v) is 10.1. The number of nitrogens with two attached hydrogens (primary N) is 1. The van der Waals surface area contributed by atoms with Gasteiger partial charge in [-0.05, 0) is 19.0 Å². The van der Waals surface area contributed by atoms with E-state index in [2.05, 4.69) is 36.3 Å². The minimum atomic E-state index is -0.153. The lowest BCUT2D eigenvalue weighted by Gasteiger charge is -2.14. The van der Waals surface area contributed by atoms with E-state index in [-0.39, 0.29) is 11.3 Å². The molecule has 1 aromatic rings.